The summed E-state index contributed by atoms with van der Waals surface area (Å²) in [7, 11) is 0. The summed E-state index contributed by atoms with van der Waals surface area (Å²) in [5, 5.41) is 17.2. The number of rotatable bonds is 14. The van der Waals surface area contributed by atoms with E-state index in [1.165, 1.54) is 11.0 Å². The number of ether oxygens (including phenoxy) is 1. The van der Waals surface area contributed by atoms with Gasteiger partial charge < -0.3 is 24.9 Å². The third-order valence-electron chi connectivity index (χ3n) is 9.22. The molecule has 48 heavy (non-hydrogen) atoms. The highest BCUT2D eigenvalue weighted by Crippen LogP contribution is 2.45. The summed E-state index contributed by atoms with van der Waals surface area (Å²) < 4.78 is 5.59. The molecule has 1 saturated heterocycles. The van der Waals surface area contributed by atoms with Gasteiger partial charge in [-0.2, -0.15) is 5.48 Å². The van der Waals surface area contributed by atoms with E-state index in [1.807, 2.05) is 92.7 Å². The average molecular weight is 653 g/mol. The molecule has 0 spiro atoms. The van der Waals surface area contributed by atoms with Crippen molar-refractivity contribution < 1.29 is 33.9 Å². The maximum Gasteiger partial charge on any atom is 0.330 e. The van der Waals surface area contributed by atoms with Crippen molar-refractivity contribution in [2.45, 2.75) is 57.0 Å². The van der Waals surface area contributed by atoms with Gasteiger partial charge in [0.05, 0.1) is 13.2 Å². The number of carboxylic acids is 1. The Balaban J connectivity index is 1.19. The van der Waals surface area contributed by atoms with Gasteiger partial charge in [0.1, 0.15) is 29.4 Å². The Morgan fingerprint density at radius 1 is 1.00 bits per heavy atom. The van der Waals surface area contributed by atoms with Gasteiger partial charge in [0.25, 0.3) is 0 Å². The van der Waals surface area contributed by atoms with E-state index in [-0.39, 0.29) is 38.0 Å². The standard InChI is InChI=1S/C37H40N4O7/c1-4-25-19-37(25,36(44)45)38-34(42)31-18-26(48-40-33-29-16-10-8-14-27(29)28-15-9-11-17-30(28)33)20-41(31)35(43)32(23(2)3)39-47-22-46-21-24-12-6-5-7-13-24/h4-17,23,25-26,31-32,39H,1,18-22H2,2-3H3,(H,38,42)(H,44,45)/t25-,26-,31+,32-,37+/m1/s1. The molecular weight excluding hydrogens is 612 g/mol. The molecule has 0 aromatic heterocycles. The number of carbonyl (C=O) groups excluding carboxylic acids is 2. The predicted octanol–water partition coefficient (Wildman–Crippen LogP) is 4.27. The molecule has 2 amide bonds. The van der Waals surface area contributed by atoms with Crippen molar-refractivity contribution in [1.29, 1.82) is 0 Å². The second kappa shape index (κ2) is 14.1. The van der Waals surface area contributed by atoms with Gasteiger partial charge in [0.15, 0.2) is 6.79 Å². The second-order valence-electron chi connectivity index (χ2n) is 12.7. The Labute approximate surface area is 279 Å². The van der Waals surface area contributed by atoms with Crippen LogP contribution < -0.4 is 10.8 Å². The molecule has 1 aliphatic heterocycles. The summed E-state index contributed by atoms with van der Waals surface area (Å²) in [6.07, 6.45) is 1.26. The molecule has 3 aromatic rings. The quantitative estimate of drug-likeness (QED) is 0.0795. The van der Waals surface area contributed by atoms with Crippen molar-refractivity contribution in [3.8, 4) is 11.1 Å². The van der Waals surface area contributed by atoms with E-state index in [1.54, 1.807) is 0 Å². The zero-order valence-corrected chi connectivity index (χ0v) is 27.0. The number of hydrogen-bond donors (Lipinski definition) is 3. The average Bonchev–Trinajstić information content (AvgIpc) is 3.49. The summed E-state index contributed by atoms with van der Waals surface area (Å²) in [6, 6.07) is 23.7. The number of fused-ring (bicyclic) bond motifs is 3. The largest absolute Gasteiger partial charge is 0.479 e. The molecule has 250 valence electrons. The molecule has 0 unspecified atom stereocenters. The number of carboxylic acid groups (broad SMARTS) is 1. The SMILES string of the molecule is C=C[C@@H]1C[C@@]1(NC(=O)[C@@H]1C[C@@H](ON=C2c3ccccc3-c3ccccc32)CN1C(=O)[C@H](NOCOCc1ccccc1)C(C)C)C(=O)O. The van der Waals surface area contributed by atoms with Crippen molar-refractivity contribution in [2.75, 3.05) is 13.3 Å². The molecule has 0 bridgehead atoms. The molecule has 0 radical (unpaired) electrons. The van der Waals surface area contributed by atoms with E-state index in [0.29, 0.717) is 12.3 Å². The van der Waals surface area contributed by atoms with Gasteiger partial charge in [-0.3, -0.25) is 14.4 Å². The van der Waals surface area contributed by atoms with Gasteiger partial charge in [-0.25, -0.2) is 4.79 Å². The number of hydroxylamine groups is 1. The summed E-state index contributed by atoms with van der Waals surface area (Å²) >= 11 is 0. The Morgan fingerprint density at radius 2 is 1.62 bits per heavy atom. The van der Waals surface area contributed by atoms with Crippen molar-refractivity contribution in [3.05, 3.63) is 108 Å². The number of carbonyl (C=O) groups is 3. The Hall–Kier alpha value is -4.84. The molecule has 6 rings (SSSR count). The molecule has 3 aliphatic rings. The first-order valence-electron chi connectivity index (χ1n) is 16.1. The predicted molar refractivity (Wildman–Crippen MR) is 178 cm³/mol. The Kier molecular flexibility index (Phi) is 9.72. The lowest BCUT2D eigenvalue weighted by Gasteiger charge is -2.30. The molecule has 5 atom stereocenters. The zero-order valence-electron chi connectivity index (χ0n) is 27.0. The van der Waals surface area contributed by atoms with Gasteiger partial charge in [0, 0.05) is 23.5 Å². The molecule has 1 saturated carbocycles. The van der Waals surface area contributed by atoms with E-state index in [9.17, 15) is 19.5 Å². The molecule has 2 aliphatic carbocycles. The van der Waals surface area contributed by atoms with Crippen molar-refractivity contribution in [3.63, 3.8) is 0 Å². The summed E-state index contributed by atoms with van der Waals surface area (Å²) in [5.74, 6) is -2.72. The highest BCUT2D eigenvalue weighted by atomic mass is 16.8. The Morgan fingerprint density at radius 3 is 2.21 bits per heavy atom. The van der Waals surface area contributed by atoms with Crippen LogP contribution in [0.15, 0.2) is 96.7 Å². The van der Waals surface area contributed by atoms with E-state index in [4.69, 9.17) is 14.4 Å². The minimum Gasteiger partial charge on any atom is -0.479 e. The molecule has 2 fully saturated rings. The fraction of sp³-hybridized carbons (Fsp3) is 0.351. The zero-order chi connectivity index (χ0) is 33.8. The lowest BCUT2D eigenvalue weighted by atomic mass is 10.0. The van der Waals surface area contributed by atoms with Crippen molar-refractivity contribution in [1.82, 2.24) is 15.7 Å². The van der Waals surface area contributed by atoms with Gasteiger partial charge in [0.2, 0.25) is 11.8 Å². The third-order valence-corrected chi connectivity index (χ3v) is 9.22. The highest BCUT2D eigenvalue weighted by molar-refractivity contribution is 6.24. The van der Waals surface area contributed by atoms with Gasteiger partial charge in [-0.15, -0.1) is 6.58 Å². The molecule has 3 N–H and O–H groups in total. The number of amides is 2. The van der Waals surface area contributed by atoms with E-state index in [2.05, 4.69) is 22.5 Å². The van der Waals surface area contributed by atoms with Crippen LogP contribution in [0.1, 0.15) is 43.4 Å². The van der Waals surface area contributed by atoms with Crippen LogP contribution in [0.5, 0.6) is 0 Å². The highest BCUT2D eigenvalue weighted by Gasteiger charge is 2.61. The van der Waals surface area contributed by atoms with Crippen LogP contribution in [0.25, 0.3) is 11.1 Å². The van der Waals surface area contributed by atoms with E-state index in [0.717, 1.165) is 27.8 Å². The van der Waals surface area contributed by atoms with Crippen LogP contribution in [0.4, 0.5) is 0 Å². The molecule has 11 nitrogen and oxygen atoms in total. The number of aliphatic carboxylic acids is 1. The summed E-state index contributed by atoms with van der Waals surface area (Å²) in [4.78, 5) is 53.1. The van der Waals surface area contributed by atoms with Crippen molar-refractivity contribution >= 4 is 23.5 Å². The summed E-state index contributed by atoms with van der Waals surface area (Å²) in [5.41, 5.74) is 7.01. The normalized spacial score (nSPS) is 22.9. The number of hydrogen-bond acceptors (Lipinski definition) is 8. The van der Waals surface area contributed by atoms with Crippen LogP contribution in [-0.4, -0.2) is 70.6 Å². The van der Waals surface area contributed by atoms with E-state index < -0.39 is 41.5 Å². The minimum atomic E-state index is -1.45. The number of oxime groups is 1. The monoisotopic (exact) mass is 652 g/mol. The fourth-order valence-electron chi connectivity index (χ4n) is 6.45. The number of nitrogens with zero attached hydrogens (tertiary/aromatic N) is 2. The van der Waals surface area contributed by atoms with Crippen molar-refractivity contribution in [2.24, 2.45) is 17.0 Å². The number of nitrogens with one attached hydrogen (secondary N) is 2. The summed E-state index contributed by atoms with van der Waals surface area (Å²) in [6.45, 7) is 7.74. The van der Waals surface area contributed by atoms with Crippen LogP contribution in [0.2, 0.25) is 0 Å². The van der Waals surface area contributed by atoms with Crippen LogP contribution in [-0.2, 0) is 35.4 Å². The van der Waals surface area contributed by atoms with Crippen LogP contribution in [0, 0.1) is 11.8 Å². The lowest BCUT2D eigenvalue weighted by molar-refractivity contribution is -0.154. The van der Waals surface area contributed by atoms with Crippen LogP contribution >= 0.6 is 0 Å². The topological polar surface area (TPSA) is 139 Å². The first-order chi connectivity index (χ1) is 23.2. The minimum absolute atomic E-state index is 0.0668. The molecular formula is C37H40N4O7. The molecule has 11 heteroatoms. The fourth-order valence-corrected chi connectivity index (χ4v) is 6.45. The first kappa shape index (κ1) is 33.1. The molecule has 3 aromatic carbocycles. The maximum absolute atomic E-state index is 14.1. The van der Waals surface area contributed by atoms with Gasteiger partial charge in [-0.1, -0.05) is 104 Å². The third kappa shape index (κ3) is 6.62. The number of benzene rings is 3. The second-order valence-corrected chi connectivity index (χ2v) is 12.7. The van der Waals surface area contributed by atoms with Gasteiger partial charge in [-0.05, 0) is 29.0 Å². The van der Waals surface area contributed by atoms with Crippen LogP contribution in [0.3, 0.4) is 0 Å². The number of likely N-dealkylation sites (tertiary alicyclic amines) is 1. The first-order valence-corrected chi connectivity index (χ1v) is 16.1. The smallest absolute Gasteiger partial charge is 0.330 e. The van der Waals surface area contributed by atoms with E-state index >= 15 is 0 Å². The maximum atomic E-state index is 14.1. The van der Waals surface area contributed by atoms with Gasteiger partial charge >= 0.3 is 5.97 Å². The lowest BCUT2D eigenvalue weighted by Crippen LogP contribution is -2.56. The molecule has 1 heterocycles. The Bertz CT molecular complexity index is 1660.